The van der Waals surface area contributed by atoms with Gasteiger partial charge in [-0.15, -0.1) is 0 Å². The Morgan fingerprint density at radius 1 is 0.950 bits per heavy atom. The van der Waals surface area contributed by atoms with E-state index in [4.69, 9.17) is 0 Å². The van der Waals surface area contributed by atoms with E-state index in [2.05, 4.69) is 62.5 Å². The third kappa shape index (κ3) is 3.84. The van der Waals surface area contributed by atoms with Crippen molar-refractivity contribution >= 4 is 5.69 Å². The Balaban J connectivity index is 1.88. The standard InChI is InChI=1S/C18H23NO/c1-13-4-7-16(8-5-13)19-11-10-18(20)17-9-6-14(2)12-15(17)3/h4-9,12,18-20H,10-11H2,1-3H3. The topological polar surface area (TPSA) is 32.3 Å². The first-order valence-electron chi connectivity index (χ1n) is 7.12. The van der Waals surface area contributed by atoms with Gasteiger partial charge in [0.15, 0.2) is 0 Å². The van der Waals surface area contributed by atoms with E-state index in [0.29, 0.717) is 6.42 Å². The van der Waals surface area contributed by atoms with Crippen LogP contribution >= 0.6 is 0 Å². The normalized spacial score (nSPS) is 12.2. The Morgan fingerprint density at radius 3 is 2.25 bits per heavy atom. The Labute approximate surface area is 121 Å². The average molecular weight is 269 g/mol. The minimum Gasteiger partial charge on any atom is -0.388 e. The molecule has 2 N–H and O–H groups in total. The first kappa shape index (κ1) is 14.6. The Bertz CT molecular complexity index is 560. The van der Waals surface area contributed by atoms with Gasteiger partial charge in [0.05, 0.1) is 6.10 Å². The first-order valence-corrected chi connectivity index (χ1v) is 7.12. The second-order valence-corrected chi connectivity index (χ2v) is 5.46. The average Bonchev–Trinajstić information content (AvgIpc) is 2.41. The van der Waals surface area contributed by atoms with E-state index < -0.39 is 6.10 Å². The molecule has 2 nitrogen and oxygen atoms in total. The molecule has 1 unspecified atom stereocenters. The van der Waals surface area contributed by atoms with Crippen LogP contribution in [0.5, 0.6) is 0 Å². The number of benzene rings is 2. The van der Waals surface area contributed by atoms with Crippen molar-refractivity contribution in [2.24, 2.45) is 0 Å². The lowest BCUT2D eigenvalue weighted by Crippen LogP contribution is -2.08. The van der Waals surface area contributed by atoms with Crippen molar-refractivity contribution in [2.45, 2.75) is 33.3 Å². The molecule has 2 heteroatoms. The molecule has 0 heterocycles. The SMILES string of the molecule is Cc1ccc(NCCC(O)c2ccc(C)cc2C)cc1. The van der Waals surface area contributed by atoms with Gasteiger partial charge >= 0.3 is 0 Å². The molecule has 20 heavy (non-hydrogen) atoms. The van der Waals surface area contributed by atoms with Gasteiger partial charge in [-0.05, 0) is 50.5 Å². The summed E-state index contributed by atoms with van der Waals surface area (Å²) >= 11 is 0. The van der Waals surface area contributed by atoms with Crippen LogP contribution in [0.15, 0.2) is 42.5 Å². The number of aliphatic hydroxyl groups excluding tert-OH is 1. The molecular formula is C18H23NO. The number of rotatable bonds is 5. The highest BCUT2D eigenvalue weighted by Gasteiger charge is 2.09. The van der Waals surface area contributed by atoms with E-state index in [-0.39, 0.29) is 0 Å². The maximum atomic E-state index is 10.3. The van der Waals surface area contributed by atoms with Gasteiger partial charge in [0.1, 0.15) is 0 Å². The van der Waals surface area contributed by atoms with Crippen LogP contribution in [0.25, 0.3) is 0 Å². The molecule has 0 bridgehead atoms. The fourth-order valence-electron chi connectivity index (χ4n) is 2.38. The van der Waals surface area contributed by atoms with Gasteiger partial charge in [0.2, 0.25) is 0 Å². The molecule has 0 fully saturated rings. The largest absolute Gasteiger partial charge is 0.388 e. The molecule has 0 saturated carbocycles. The van der Waals surface area contributed by atoms with Crippen molar-refractivity contribution in [3.63, 3.8) is 0 Å². The van der Waals surface area contributed by atoms with Crippen LogP contribution in [0.2, 0.25) is 0 Å². The molecule has 1 atom stereocenters. The van der Waals surface area contributed by atoms with Crippen LogP contribution < -0.4 is 5.32 Å². The van der Waals surface area contributed by atoms with Crippen LogP contribution in [-0.4, -0.2) is 11.7 Å². The molecule has 2 rings (SSSR count). The molecule has 0 saturated heterocycles. The van der Waals surface area contributed by atoms with Crippen LogP contribution in [-0.2, 0) is 0 Å². The van der Waals surface area contributed by atoms with Crippen LogP contribution in [0.3, 0.4) is 0 Å². The molecule has 0 amide bonds. The molecule has 2 aromatic rings. The van der Waals surface area contributed by atoms with Crippen LogP contribution in [0, 0.1) is 20.8 Å². The van der Waals surface area contributed by atoms with Crippen molar-refractivity contribution in [2.75, 3.05) is 11.9 Å². The number of hydrogen-bond acceptors (Lipinski definition) is 2. The molecule has 0 aliphatic rings. The number of nitrogens with one attached hydrogen (secondary N) is 1. The summed E-state index contributed by atoms with van der Waals surface area (Å²) in [5, 5.41) is 13.6. The fourth-order valence-corrected chi connectivity index (χ4v) is 2.38. The predicted molar refractivity (Wildman–Crippen MR) is 85.2 cm³/mol. The van der Waals surface area contributed by atoms with Gasteiger partial charge in [-0.25, -0.2) is 0 Å². The molecular weight excluding hydrogens is 246 g/mol. The molecule has 2 aromatic carbocycles. The maximum Gasteiger partial charge on any atom is 0.0809 e. The van der Waals surface area contributed by atoms with Gasteiger partial charge in [-0.1, -0.05) is 41.5 Å². The predicted octanol–water partition coefficient (Wildman–Crippen LogP) is 4.15. The third-order valence-corrected chi connectivity index (χ3v) is 3.58. The summed E-state index contributed by atoms with van der Waals surface area (Å²) in [6.45, 7) is 6.96. The highest BCUT2D eigenvalue weighted by Crippen LogP contribution is 2.21. The zero-order chi connectivity index (χ0) is 14.5. The number of hydrogen-bond donors (Lipinski definition) is 2. The number of anilines is 1. The quantitative estimate of drug-likeness (QED) is 0.854. The molecule has 0 spiro atoms. The lowest BCUT2D eigenvalue weighted by atomic mass is 9.99. The van der Waals surface area contributed by atoms with Crippen LogP contribution in [0.1, 0.15) is 34.8 Å². The minimum absolute atomic E-state index is 0.409. The second kappa shape index (κ2) is 6.58. The lowest BCUT2D eigenvalue weighted by molar-refractivity contribution is 0.171. The van der Waals surface area contributed by atoms with E-state index in [1.165, 1.54) is 11.1 Å². The summed E-state index contributed by atoms with van der Waals surface area (Å²) in [5.41, 5.74) is 5.78. The van der Waals surface area contributed by atoms with Crippen LogP contribution in [0.4, 0.5) is 5.69 Å². The van der Waals surface area contributed by atoms with E-state index in [0.717, 1.165) is 23.4 Å². The zero-order valence-corrected chi connectivity index (χ0v) is 12.5. The number of aryl methyl sites for hydroxylation is 3. The summed E-state index contributed by atoms with van der Waals surface area (Å²) in [6.07, 6.45) is 0.297. The zero-order valence-electron chi connectivity index (χ0n) is 12.5. The van der Waals surface area contributed by atoms with Gasteiger partial charge in [-0.3, -0.25) is 0 Å². The van der Waals surface area contributed by atoms with Gasteiger partial charge < -0.3 is 10.4 Å². The fraction of sp³-hybridized carbons (Fsp3) is 0.333. The first-order chi connectivity index (χ1) is 9.56. The number of aliphatic hydroxyl groups is 1. The summed E-state index contributed by atoms with van der Waals surface area (Å²) < 4.78 is 0. The summed E-state index contributed by atoms with van der Waals surface area (Å²) in [6, 6.07) is 14.5. The summed E-state index contributed by atoms with van der Waals surface area (Å²) in [5.74, 6) is 0. The lowest BCUT2D eigenvalue weighted by Gasteiger charge is -2.15. The highest BCUT2D eigenvalue weighted by molar-refractivity contribution is 5.44. The van der Waals surface area contributed by atoms with Gasteiger partial charge in [0.25, 0.3) is 0 Å². The van der Waals surface area contributed by atoms with Gasteiger partial charge in [0, 0.05) is 12.2 Å². The van der Waals surface area contributed by atoms with E-state index in [1.807, 2.05) is 6.07 Å². The smallest absolute Gasteiger partial charge is 0.0809 e. The molecule has 0 radical (unpaired) electrons. The molecule has 0 aromatic heterocycles. The summed E-state index contributed by atoms with van der Waals surface area (Å²) in [7, 11) is 0. The molecule has 106 valence electrons. The highest BCUT2D eigenvalue weighted by atomic mass is 16.3. The van der Waals surface area contributed by atoms with Crippen molar-refractivity contribution in [1.29, 1.82) is 0 Å². The Kier molecular flexibility index (Phi) is 4.80. The van der Waals surface area contributed by atoms with Gasteiger partial charge in [-0.2, -0.15) is 0 Å². The monoisotopic (exact) mass is 269 g/mol. The van der Waals surface area contributed by atoms with Crippen molar-refractivity contribution in [1.82, 2.24) is 0 Å². The van der Waals surface area contributed by atoms with E-state index in [1.54, 1.807) is 0 Å². The van der Waals surface area contributed by atoms with E-state index in [9.17, 15) is 5.11 Å². The van der Waals surface area contributed by atoms with Crippen molar-refractivity contribution in [3.05, 3.63) is 64.7 Å². The van der Waals surface area contributed by atoms with Crippen molar-refractivity contribution in [3.8, 4) is 0 Å². The Hall–Kier alpha value is -1.80. The summed E-state index contributed by atoms with van der Waals surface area (Å²) in [4.78, 5) is 0. The minimum atomic E-state index is -0.409. The molecule has 0 aliphatic carbocycles. The third-order valence-electron chi connectivity index (χ3n) is 3.58. The van der Waals surface area contributed by atoms with E-state index >= 15 is 0 Å². The van der Waals surface area contributed by atoms with Crippen molar-refractivity contribution < 1.29 is 5.11 Å². The second-order valence-electron chi connectivity index (χ2n) is 5.46. The maximum absolute atomic E-state index is 10.3. The Morgan fingerprint density at radius 2 is 1.60 bits per heavy atom. The molecule has 0 aliphatic heterocycles.